The fraction of sp³-hybridized carbons (Fsp3) is 0.455. The van der Waals surface area contributed by atoms with Crippen LogP contribution in [0.1, 0.15) is 24.8 Å². The molecule has 2 rings (SSSR count). The second-order valence-electron chi connectivity index (χ2n) is 3.58. The second kappa shape index (κ2) is 3.70. The van der Waals surface area contributed by atoms with Crippen molar-refractivity contribution < 1.29 is 4.39 Å². The predicted molar refractivity (Wildman–Crippen MR) is 54.6 cm³/mol. The van der Waals surface area contributed by atoms with Gasteiger partial charge in [-0.15, -0.1) is 11.8 Å². The van der Waals surface area contributed by atoms with Crippen molar-refractivity contribution in [3.8, 4) is 0 Å². The number of thioether (sulfide) groups is 1. The van der Waals surface area contributed by atoms with E-state index < -0.39 is 0 Å². The molecule has 13 heavy (non-hydrogen) atoms. The van der Waals surface area contributed by atoms with Crippen molar-refractivity contribution in [2.75, 3.05) is 0 Å². The molecule has 0 nitrogen and oxygen atoms in total. The van der Waals surface area contributed by atoms with Crippen LogP contribution in [0.25, 0.3) is 0 Å². The molecule has 0 radical (unpaired) electrons. The lowest BCUT2D eigenvalue weighted by atomic mass is 10.0. The molecular weight excluding hydrogens is 183 g/mol. The molecule has 1 aliphatic carbocycles. The van der Waals surface area contributed by atoms with Gasteiger partial charge < -0.3 is 0 Å². The first-order valence-corrected chi connectivity index (χ1v) is 5.56. The molecule has 0 unspecified atom stereocenters. The highest BCUT2D eigenvalue weighted by Crippen LogP contribution is 2.36. The average molecular weight is 196 g/mol. The number of halogens is 1. The molecular formula is C11H13FS. The second-order valence-corrected chi connectivity index (χ2v) is 4.96. The Kier molecular flexibility index (Phi) is 2.58. The monoisotopic (exact) mass is 196 g/mol. The zero-order valence-corrected chi connectivity index (χ0v) is 8.53. The molecule has 1 aromatic carbocycles. The van der Waals surface area contributed by atoms with Gasteiger partial charge in [-0.25, -0.2) is 4.39 Å². The van der Waals surface area contributed by atoms with Gasteiger partial charge in [-0.1, -0.05) is 12.5 Å². The average Bonchev–Trinajstić information content (AvgIpc) is 2.04. The molecule has 0 aromatic heterocycles. The van der Waals surface area contributed by atoms with Crippen LogP contribution in [-0.4, -0.2) is 5.25 Å². The summed E-state index contributed by atoms with van der Waals surface area (Å²) in [5.41, 5.74) is 0.734. The quantitative estimate of drug-likeness (QED) is 0.693. The molecule has 2 heteroatoms. The van der Waals surface area contributed by atoms with Crippen LogP contribution in [0.5, 0.6) is 0 Å². The summed E-state index contributed by atoms with van der Waals surface area (Å²) in [4.78, 5) is 1.08. The van der Waals surface area contributed by atoms with E-state index in [0.29, 0.717) is 0 Å². The van der Waals surface area contributed by atoms with Crippen molar-refractivity contribution >= 4 is 11.8 Å². The lowest BCUT2D eigenvalue weighted by Gasteiger charge is -2.24. The van der Waals surface area contributed by atoms with Gasteiger partial charge in [0, 0.05) is 10.1 Å². The van der Waals surface area contributed by atoms with Crippen LogP contribution < -0.4 is 0 Å². The molecule has 0 heterocycles. The fourth-order valence-electron chi connectivity index (χ4n) is 1.33. The summed E-state index contributed by atoms with van der Waals surface area (Å²) in [6.07, 6.45) is 3.92. The summed E-state index contributed by atoms with van der Waals surface area (Å²) in [7, 11) is 0. The van der Waals surface area contributed by atoms with Crippen molar-refractivity contribution in [3.05, 3.63) is 29.6 Å². The molecule has 0 atom stereocenters. The summed E-state index contributed by atoms with van der Waals surface area (Å²) in [6, 6.07) is 5.52. The summed E-state index contributed by atoms with van der Waals surface area (Å²) >= 11 is 1.81. The highest BCUT2D eigenvalue weighted by atomic mass is 32.2. The van der Waals surface area contributed by atoms with Crippen LogP contribution in [0.15, 0.2) is 23.1 Å². The number of rotatable bonds is 2. The molecule has 0 bridgehead atoms. The van der Waals surface area contributed by atoms with Gasteiger partial charge in [0.25, 0.3) is 0 Å². The van der Waals surface area contributed by atoms with Gasteiger partial charge in [-0.05, 0) is 37.5 Å². The molecule has 0 aliphatic heterocycles. The van der Waals surface area contributed by atoms with E-state index in [1.807, 2.05) is 23.9 Å². The Hall–Kier alpha value is -0.500. The number of aryl methyl sites for hydroxylation is 1. The van der Waals surface area contributed by atoms with E-state index in [-0.39, 0.29) is 5.82 Å². The van der Waals surface area contributed by atoms with Crippen molar-refractivity contribution in [1.29, 1.82) is 0 Å². The molecule has 70 valence electrons. The zero-order valence-electron chi connectivity index (χ0n) is 7.72. The topological polar surface area (TPSA) is 0 Å². The van der Waals surface area contributed by atoms with Gasteiger partial charge in [0.1, 0.15) is 5.82 Å². The minimum atomic E-state index is -0.0793. The van der Waals surface area contributed by atoms with Crippen molar-refractivity contribution in [2.45, 2.75) is 36.3 Å². The summed E-state index contributed by atoms with van der Waals surface area (Å²) in [6.45, 7) is 1.80. The van der Waals surface area contributed by atoms with Crippen molar-refractivity contribution in [1.82, 2.24) is 0 Å². The van der Waals surface area contributed by atoms with Crippen LogP contribution in [-0.2, 0) is 0 Å². The van der Waals surface area contributed by atoms with Crippen molar-refractivity contribution in [2.24, 2.45) is 0 Å². The third kappa shape index (κ3) is 2.05. The predicted octanol–water partition coefficient (Wildman–Crippen LogP) is 3.78. The van der Waals surface area contributed by atoms with E-state index in [4.69, 9.17) is 0 Å². The highest BCUT2D eigenvalue weighted by molar-refractivity contribution is 8.00. The molecule has 1 aliphatic rings. The third-order valence-electron chi connectivity index (χ3n) is 2.50. The third-order valence-corrected chi connectivity index (χ3v) is 3.83. The van der Waals surface area contributed by atoms with Crippen molar-refractivity contribution in [3.63, 3.8) is 0 Å². The molecule has 0 amide bonds. The maximum Gasteiger partial charge on any atom is 0.127 e. The lowest BCUT2D eigenvalue weighted by molar-refractivity contribution is 0.522. The molecule has 1 saturated carbocycles. The molecule has 0 saturated heterocycles. The van der Waals surface area contributed by atoms with Gasteiger partial charge in [0.15, 0.2) is 0 Å². The van der Waals surface area contributed by atoms with E-state index in [1.165, 1.54) is 19.3 Å². The van der Waals surface area contributed by atoms with Gasteiger partial charge in [-0.3, -0.25) is 0 Å². The van der Waals surface area contributed by atoms with E-state index in [2.05, 4.69) is 0 Å². The number of hydrogen-bond donors (Lipinski definition) is 0. The SMILES string of the molecule is Cc1ccc(SC2CCC2)cc1F. The van der Waals surface area contributed by atoms with Crippen LogP contribution in [0, 0.1) is 12.7 Å². The Labute approximate surface area is 82.5 Å². The maximum atomic E-state index is 13.1. The first-order chi connectivity index (χ1) is 6.25. The standard InChI is InChI=1S/C11H13FS/c1-8-5-6-10(7-11(8)12)13-9-3-2-4-9/h5-7,9H,2-4H2,1H3. The smallest absolute Gasteiger partial charge is 0.127 e. The summed E-state index contributed by atoms with van der Waals surface area (Å²) < 4.78 is 13.1. The molecule has 1 aromatic rings. The maximum absolute atomic E-state index is 13.1. The zero-order chi connectivity index (χ0) is 9.26. The Bertz CT molecular complexity index is 305. The normalized spacial score (nSPS) is 17.1. The van der Waals surface area contributed by atoms with Crippen LogP contribution in [0.4, 0.5) is 4.39 Å². The first-order valence-electron chi connectivity index (χ1n) is 4.68. The van der Waals surface area contributed by atoms with Gasteiger partial charge in [-0.2, -0.15) is 0 Å². The van der Waals surface area contributed by atoms with E-state index in [9.17, 15) is 4.39 Å². The Balaban J connectivity index is 2.07. The van der Waals surface area contributed by atoms with Gasteiger partial charge >= 0.3 is 0 Å². The molecule has 0 spiro atoms. The lowest BCUT2D eigenvalue weighted by Crippen LogP contribution is -2.12. The van der Waals surface area contributed by atoms with Gasteiger partial charge in [0.2, 0.25) is 0 Å². The minimum absolute atomic E-state index is 0.0793. The summed E-state index contributed by atoms with van der Waals surface area (Å²) in [5, 5.41) is 0.738. The van der Waals surface area contributed by atoms with E-state index in [1.54, 1.807) is 13.0 Å². The van der Waals surface area contributed by atoms with Crippen LogP contribution >= 0.6 is 11.8 Å². The number of benzene rings is 1. The Morgan fingerprint density at radius 1 is 1.38 bits per heavy atom. The Morgan fingerprint density at radius 2 is 2.15 bits per heavy atom. The van der Waals surface area contributed by atoms with E-state index >= 15 is 0 Å². The minimum Gasteiger partial charge on any atom is -0.207 e. The van der Waals surface area contributed by atoms with Crippen LogP contribution in [0.3, 0.4) is 0 Å². The first kappa shape index (κ1) is 9.07. The largest absolute Gasteiger partial charge is 0.207 e. The summed E-state index contributed by atoms with van der Waals surface area (Å²) in [5.74, 6) is -0.0793. The van der Waals surface area contributed by atoms with Crippen LogP contribution in [0.2, 0.25) is 0 Å². The fourth-order valence-corrected chi connectivity index (χ4v) is 2.60. The Morgan fingerprint density at radius 3 is 2.69 bits per heavy atom. The number of hydrogen-bond acceptors (Lipinski definition) is 1. The highest BCUT2D eigenvalue weighted by Gasteiger charge is 2.18. The molecule has 0 N–H and O–H groups in total. The van der Waals surface area contributed by atoms with E-state index in [0.717, 1.165) is 15.7 Å². The van der Waals surface area contributed by atoms with Gasteiger partial charge in [0.05, 0.1) is 0 Å². The molecule has 1 fully saturated rings.